The van der Waals surface area contributed by atoms with E-state index in [4.69, 9.17) is 22.1 Å². The van der Waals surface area contributed by atoms with Gasteiger partial charge in [-0.2, -0.15) is 0 Å². The van der Waals surface area contributed by atoms with Gasteiger partial charge in [-0.05, 0) is 25.3 Å². The molecular formula is C10H12ClFN2O. The molecule has 2 N–H and O–H groups in total. The minimum absolute atomic E-state index is 0.0123. The standard InChI is InChI=1S/C10H12ClFN2O/c11-6-4-7(12)10(14-5-6)15-9-3-1-2-8(9)13/h4-5,8-9H,1-3,13H2/t8-,9-/m1/s1. The maximum atomic E-state index is 13.3. The summed E-state index contributed by atoms with van der Waals surface area (Å²) in [5, 5.41) is 0.260. The lowest BCUT2D eigenvalue weighted by Gasteiger charge is -2.17. The van der Waals surface area contributed by atoms with Crippen LogP contribution in [-0.2, 0) is 0 Å². The number of aromatic nitrogens is 1. The minimum Gasteiger partial charge on any atom is -0.471 e. The first-order chi connectivity index (χ1) is 7.16. The molecule has 0 aromatic carbocycles. The van der Waals surface area contributed by atoms with Crippen molar-refractivity contribution < 1.29 is 9.13 Å². The molecule has 0 amide bonds. The maximum absolute atomic E-state index is 13.3. The summed E-state index contributed by atoms with van der Waals surface area (Å²) in [5.74, 6) is -0.552. The summed E-state index contributed by atoms with van der Waals surface area (Å²) in [6.45, 7) is 0. The van der Waals surface area contributed by atoms with Crippen molar-refractivity contribution in [1.82, 2.24) is 4.98 Å². The Morgan fingerprint density at radius 1 is 1.53 bits per heavy atom. The van der Waals surface area contributed by atoms with Gasteiger partial charge < -0.3 is 10.5 Å². The van der Waals surface area contributed by atoms with Crippen LogP contribution in [0.2, 0.25) is 5.02 Å². The first kappa shape index (κ1) is 10.6. The van der Waals surface area contributed by atoms with Gasteiger partial charge in [0, 0.05) is 12.2 Å². The third-order valence-corrected chi connectivity index (χ3v) is 2.75. The largest absolute Gasteiger partial charge is 0.471 e. The van der Waals surface area contributed by atoms with Gasteiger partial charge in [0.05, 0.1) is 5.02 Å². The molecule has 5 heteroatoms. The molecule has 1 saturated carbocycles. The topological polar surface area (TPSA) is 48.1 Å². The van der Waals surface area contributed by atoms with E-state index in [0.717, 1.165) is 19.3 Å². The van der Waals surface area contributed by atoms with Crippen LogP contribution in [0, 0.1) is 5.82 Å². The molecule has 0 aliphatic heterocycles. The zero-order chi connectivity index (χ0) is 10.8. The zero-order valence-electron chi connectivity index (χ0n) is 8.12. The van der Waals surface area contributed by atoms with Crippen molar-refractivity contribution in [1.29, 1.82) is 0 Å². The first-order valence-electron chi connectivity index (χ1n) is 4.90. The van der Waals surface area contributed by atoms with Crippen molar-refractivity contribution in [3.05, 3.63) is 23.1 Å². The highest BCUT2D eigenvalue weighted by Gasteiger charge is 2.26. The molecule has 1 heterocycles. The fourth-order valence-corrected chi connectivity index (χ4v) is 1.88. The molecule has 1 fully saturated rings. The third kappa shape index (κ3) is 2.38. The normalized spacial score (nSPS) is 25.5. The van der Waals surface area contributed by atoms with Crippen molar-refractivity contribution >= 4 is 11.6 Å². The number of hydrogen-bond donors (Lipinski definition) is 1. The van der Waals surface area contributed by atoms with Crippen LogP contribution in [0.4, 0.5) is 4.39 Å². The van der Waals surface area contributed by atoms with Gasteiger partial charge in [-0.25, -0.2) is 9.37 Å². The summed E-state index contributed by atoms with van der Waals surface area (Å²) in [7, 11) is 0. The molecule has 1 aliphatic rings. The first-order valence-corrected chi connectivity index (χ1v) is 5.28. The lowest BCUT2D eigenvalue weighted by Crippen LogP contribution is -2.34. The van der Waals surface area contributed by atoms with E-state index in [2.05, 4.69) is 4.98 Å². The van der Waals surface area contributed by atoms with Crippen molar-refractivity contribution in [2.24, 2.45) is 5.73 Å². The minimum atomic E-state index is -0.540. The van der Waals surface area contributed by atoms with E-state index >= 15 is 0 Å². The quantitative estimate of drug-likeness (QED) is 0.847. The zero-order valence-corrected chi connectivity index (χ0v) is 8.88. The van der Waals surface area contributed by atoms with Crippen LogP contribution in [0.15, 0.2) is 12.3 Å². The second-order valence-corrected chi connectivity index (χ2v) is 4.13. The predicted molar refractivity (Wildman–Crippen MR) is 55.4 cm³/mol. The van der Waals surface area contributed by atoms with E-state index in [1.165, 1.54) is 12.3 Å². The van der Waals surface area contributed by atoms with Crippen molar-refractivity contribution in [2.45, 2.75) is 31.4 Å². The number of nitrogens with two attached hydrogens (primary N) is 1. The van der Waals surface area contributed by atoms with E-state index in [0.29, 0.717) is 0 Å². The molecule has 0 bridgehead atoms. The monoisotopic (exact) mass is 230 g/mol. The summed E-state index contributed by atoms with van der Waals surface area (Å²) >= 11 is 5.58. The SMILES string of the molecule is N[C@@H]1CCC[C@H]1Oc1ncc(Cl)cc1F. The summed E-state index contributed by atoms with van der Waals surface area (Å²) in [6, 6.07) is 1.16. The Morgan fingerprint density at radius 3 is 2.93 bits per heavy atom. The third-order valence-electron chi connectivity index (χ3n) is 2.54. The number of nitrogens with zero attached hydrogens (tertiary/aromatic N) is 1. The molecule has 1 aliphatic carbocycles. The van der Waals surface area contributed by atoms with Gasteiger partial charge in [-0.15, -0.1) is 0 Å². The van der Waals surface area contributed by atoms with Gasteiger partial charge in [0.1, 0.15) is 6.10 Å². The van der Waals surface area contributed by atoms with E-state index in [1.54, 1.807) is 0 Å². The lowest BCUT2D eigenvalue weighted by atomic mass is 10.2. The average molecular weight is 231 g/mol. The molecule has 1 aromatic rings. The number of halogens is 2. The molecule has 0 spiro atoms. The van der Waals surface area contributed by atoms with E-state index in [9.17, 15) is 4.39 Å². The molecule has 0 unspecified atom stereocenters. The maximum Gasteiger partial charge on any atom is 0.250 e. The molecule has 2 atom stereocenters. The number of rotatable bonds is 2. The van der Waals surface area contributed by atoms with Crippen molar-refractivity contribution in [2.75, 3.05) is 0 Å². The van der Waals surface area contributed by atoms with Gasteiger partial charge in [0.15, 0.2) is 5.82 Å². The van der Waals surface area contributed by atoms with Crippen LogP contribution >= 0.6 is 11.6 Å². The van der Waals surface area contributed by atoms with Crippen LogP contribution in [0.3, 0.4) is 0 Å². The van der Waals surface area contributed by atoms with Gasteiger partial charge in [-0.1, -0.05) is 11.6 Å². The number of pyridine rings is 1. The summed E-state index contributed by atoms with van der Waals surface area (Å²) in [6.07, 6.45) is 4.01. The molecule has 82 valence electrons. The van der Waals surface area contributed by atoms with Crippen LogP contribution < -0.4 is 10.5 Å². The lowest BCUT2D eigenvalue weighted by molar-refractivity contribution is 0.175. The fraction of sp³-hybridized carbons (Fsp3) is 0.500. The van der Waals surface area contributed by atoms with Crippen LogP contribution in [-0.4, -0.2) is 17.1 Å². The second-order valence-electron chi connectivity index (χ2n) is 3.69. The van der Waals surface area contributed by atoms with Crippen LogP contribution in [0.25, 0.3) is 0 Å². The molecule has 1 aromatic heterocycles. The Hall–Kier alpha value is -0.870. The number of hydrogen-bond acceptors (Lipinski definition) is 3. The molecular weight excluding hydrogens is 219 g/mol. The van der Waals surface area contributed by atoms with E-state index < -0.39 is 5.82 Å². The highest BCUT2D eigenvalue weighted by atomic mass is 35.5. The van der Waals surface area contributed by atoms with Crippen molar-refractivity contribution in [3.8, 4) is 5.88 Å². The molecule has 15 heavy (non-hydrogen) atoms. The Bertz CT molecular complexity index is 361. The summed E-state index contributed by atoms with van der Waals surface area (Å²) < 4.78 is 18.7. The Balaban J connectivity index is 2.10. The number of ether oxygens (including phenoxy) is 1. The molecule has 0 saturated heterocycles. The molecule has 0 radical (unpaired) electrons. The van der Waals surface area contributed by atoms with E-state index in [-0.39, 0.29) is 23.0 Å². The van der Waals surface area contributed by atoms with E-state index in [1.807, 2.05) is 0 Å². The predicted octanol–water partition coefficient (Wildman–Crippen LogP) is 2.13. The van der Waals surface area contributed by atoms with Crippen LogP contribution in [0.1, 0.15) is 19.3 Å². The van der Waals surface area contributed by atoms with Crippen LogP contribution in [0.5, 0.6) is 5.88 Å². The Kier molecular flexibility index (Phi) is 3.07. The second kappa shape index (κ2) is 4.33. The Morgan fingerprint density at radius 2 is 2.33 bits per heavy atom. The van der Waals surface area contributed by atoms with Crippen molar-refractivity contribution in [3.63, 3.8) is 0 Å². The van der Waals surface area contributed by atoms with Gasteiger partial charge in [-0.3, -0.25) is 0 Å². The smallest absolute Gasteiger partial charge is 0.250 e. The van der Waals surface area contributed by atoms with Gasteiger partial charge in [0.2, 0.25) is 0 Å². The molecule has 3 nitrogen and oxygen atoms in total. The highest BCUT2D eigenvalue weighted by molar-refractivity contribution is 6.30. The summed E-state index contributed by atoms with van der Waals surface area (Å²) in [5.41, 5.74) is 5.81. The summed E-state index contributed by atoms with van der Waals surface area (Å²) in [4.78, 5) is 3.79. The van der Waals surface area contributed by atoms with Gasteiger partial charge >= 0.3 is 0 Å². The average Bonchev–Trinajstić information content (AvgIpc) is 2.57. The Labute approximate surface area is 92.4 Å². The fourth-order valence-electron chi connectivity index (χ4n) is 1.73. The van der Waals surface area contributed by atoms with Gasteiger partial charge in [0.25, 0.3) is 5.88 Å². The highest BCUT2D eigenvalue weighted by Crippen LogP contribution is 2.25. The molecule has 2 rings (SSSR count).